The minimum Gasteiger partial charge on any atom is -0.462 e. The monoisotopic (exact) mass is 1160 g/mol. The van der Waals surface area contributed by atoms with Crippen molar-refractivity contribution in [3.63, 3.8) is 0 Å². The predicted octanol–water partition coefficient (Wildman–Crippen LogP) is 25.5. The van der Waals surface area contributed by atoms with Gasteiger partial charge < -0.3 is 14.2 Å². The molecule has 0 aliphatic carbocycles. The maximum atomic E-state index is 13.0. The van der Waals surface area contributed by atoms with Crippen molar-refractivity contribution in [3.05, 3.63) is 60.8 Å². The van der Waals surface area contributed by atoms with Crippen LogP contribution in [0.15, 0.2) is 60.8 Å². The molecular weight excluding hydrogens is 1020 g/mol. The van der Waals surface area contributed by atoms with Gasteiger partial charge >= 0.3 is 17.9 Å². The first-order chi connectivity index (χ1) is 41.0. The van der Waals surface area contributed by atoms with Gasteiger partial charge in [0.05, 0.1) is 0 Å². The van der Waals surface area contributed by atoms with Gasteiger partial charge in [0, 0.05) is 19.3 Å². The van der Waals surface area contributed by atoms with Crippen LogP contribution >= 0.6 is 0 Å². The van der Waals surface area contributed by atoms with Crippen LogP contribution in [0.4, 0.5) is 0 Å². The maximum absolute atomic E-state index is 13.0. The molecule has 484 valence electrons. The van der Waals surface area contributed by atoms with E-state index in [0.717, 1.165) is 83.5 Å². The van der Waals surface area contributed by atoms with Crippen molar-refractivity contribution in [3.8, 4) is 0 Å². The van der Waals surface area contributed by atoms with E-state index in [1.54, 1.807) is 0 Å². The molecule has 0 rings (SSSR count). The highest BCUT2D eigenvalue weighted by atomic mass is 16.6. The van der Waals surface area contributed by atoms with Gasteiger partial charge in [-0.1, -0.05) is 351 Å². The van der Waals surface area contributed by atoms with Gasteiger partial charge in [0.2, 0.25) is 0 Å². The lowest BCUT2D eigenvalue weighted by Crippen LogP contribution is -2.30. The number of hydrogen-bond acceptors (Lipinski definition) is 6. The minimum absolute atomic E-state index is 0.0826. The molecule has 6 heteroatoms. The molecule has 0 aromatic heterocycles. The normalized spacial score (nSPS) is 12.4. The molecule has 0 aromatic rings. The fraction of sp³-hybridized carbons (Fsp3) is 0.831. The second-order valence-corrected chi connectivity index (χ2v) is 24.8. The van der Waals surface area contributed by atoms with E-state index in [1.165, 1.54) is 270 Å². The number of rotatable bonds is 68. The summed E-state index contributed by atoms with van der Waals surface area (Å²) in [7, 11) is 0. The summed E-state index contributed by atoms with van der Waals surface area (Å²) in [6, 6.07) is 0. The van der Waals surface area contributed by atoms with Gasteiger partial charge in [0.15, 0.2) is 6.10 Å². The number of esters is 3. The van der Waals surface area contributed by atoms with E-state index in [4.69, 9.17) is 14.2 Å². The molecule has 0 N–H and O–H groups in total. The third-order valence-corrected chi connectivity index (χ3v) is 16.5. The van der Waals surface area contributed by atoms with Gasteiger partial charge in [-0.05, 0) is 83.5 Å². The Morgan fingerprint density at radius 3 is 0.771 bits per heavy atom. The maximum Gasteiger partial charge on any atom is 0.306 e. The van der Waals surface area contributed by atoms with Crippen LogP contribution in [0, 0.1) is 0 Å². The van der Waals surface area contributed by atoms with Crippen molar-refractivity contribution >= 4 is 17.9 Å². The first kappa shape index (κ1) is 80.1. The van der Waals surface area contributed by atoms with Crippen LogP contribution < -0.4 is 0 Å². The average Bonchev–Trinajstić information content (AvgIpc) is 3.49. The fourth-order valence-electron chi connectivity index (χ4n) is 11.0. The number of ether oxygens (including phenoxy) is 3. The molecule has 1 unspecified atom stereocenters. The molecule has 1 atom stereocenters. The second kappa shape index (κ2) is 71.6. The Labute approximate surface area is 517 Å². The lowest BCUT2D eigenvalue weighted by molar-refractivity contribution is -0.167. The summed E-state index contributed by atoms with van der Waals surface area (Å²) in [4.78, 5) is 38.5. The highest BCUT2D eigenvalue weighted by Gasteiger charge is 2.19. The molecule has 0 saturated carbocycles. The third kappa shape index (κ3) is 69.8. The van der Waals surface area contributed by atoms with Crippen LogP contribution in [-0.4, -0.2) is 37.2 Å². The standard InChI is InChI=1S/C77H140O6/c1-4-7-10-13-16-19-22-25-28-30-32-34-35-36-37-38-39-40-41-43-44-46-49-52-55-58-61-64-67-70-76(79)82-73-74(72-81-75(78)69-66-63-60-57-54-51-48-27-24-21-18-15-12-9-6-3)83-77(80)71-68-65-62-59-56-53-50-47-45-42-33-31-29-26-23-20-17-14-11-8-5-2/h9,12,18,21,27,30,32,48,54,57,74H,4-8,10-11,13-17,19-20,22-26,28-29,31,33-47,49-53,55-56,58-73H2,1-3H3/b12-9-,21-18-,32-30-,48-27-,57-54-. The zero-order valence-electron chi connectivity index (χ0n) is 55.7. The molecule has 0 bridgehead atoms. The first-order valence-electron chi connectivity index (χ1n) is 36.8. The van der Waals surface area contributed by atoms with Crippen molar-refractivity contribution < 1.29 is 28.6 Å². The quantitative estimate of drug-likeness (QED) is 0.0261. The van der Waals surface area contributed by atoms with Crippen LogP contribution in [0.2, 0.25) is 0 Å². The van der Waals surface area contributed by atoms with Crippen molar-refractivity contribution in [1.29, 1.82) is 0 Å². The van der Waals surface area contributed by atoms with E-state index in [0.29, 0.717) is 19.3 Å². The van der Waals surface area contributed by atoms with Gasteiger partial charge in [-0.3, -0.25) is 14.4 Å². The van der Waals surface area contributed by atoms with E-state index in [-0.39, 0.29) is 31.1 Å². The van der Waals surface area contributed by atoms with Crippen molar-refractivity contribution in [1.82, 2.24) is 0 Å². The SMILES string of the molecule is CC/C=C\C/C=C\C/C=C\C/C=C\CCCCC(=O)OCC(COC(=O)CCCCCCCCCCCCCCCCCCC/C=C\CCCCCCCCCC)OC(=O)CCCCCCCCCCCCCCCCCCCCCCC. The highest BCUT2D eigenvalue weighted by molar-refractivity contribution is 5.71. The molecule has 0 spiro atoms. The molecule has 0 amide bonds. The van der Waals surface area contributed by atoms with Crippen LogP contribution in [0.3, 0.4) is 0 Å². The fourth-order valence-corrected chi connectivity index (χ4v) is 11.0. The van der Waals surface area contributed by atoms with Crippen LogP contribution in [-0.2, 0) is 28.6 Å². The zero-order valence-corrected chi connectivity index (χ0v) is 55.7. The Morgan fingerprint density at radius 2 is 0.470 bits per heavy atom. The molecule has 0 aliphatic heterocycles. The van der Waals surface area contributed by atoms with Crippen LogP contribution in [0.1, 0.15) is 393 Å². The molecule has 0 aromatic carbocycles. The van der Waals surface area contributed by atoms with Crippen molar-refractivity contribution in [2.75, 3.05) is 13.2 Å². The van der Waals surface area contributed by atoms with E-state index < -0.39 is 6.10 Å². The number of hydrogen-bond donors (Lipinski definition) is 0. The lowest BCUT2D eigenvalue weighted by Gasteiger charge is -2.18. The number of allylic oxidation sites excluding steroid dienone is 10. The largest absolute Gasteiger partial charge is 0.462 e. The summed E-state index contributed by atoms with van der Waals surface area (Å²) in [5.41, 5.74) is 0. The summed E-state index contributed by atoms with van der Waals surface area (Å²) >= 11 is 0. The van der Waals surface area contributed by atoms with E-state index >= 15 is 0 Å². The van der Waals surface area contributed by atoms with E-state index in [1.807, 2.05) is 0 Å². The summed E-state index contributed by atoms with van der Waals surface area (Å²) in [6.45, 7) is 6.56. The molecule has 0 saturated heterocycles. The number of carbonyl (C=O) groups is 3. The van der Waals surface area contributed by atoms with E-state index in [9.17, 15) is 14.4 Å². The van der Waals surface area contributed by atoms with Crippen LogP contribution in [0.5, 0.6) is 0 Å². The summed E-state index contributed by atoms with van der Waals surface area (Å²) in [6.07, 6.45) is 92.7. The number of unbranched alkanes of at least 4 members (excludes halogenated alkanes) is 47. The summed E-state index contributed by atoms with van der Waals surface area (Å²) in [5.74, 6) is -0.899. The molecule has 0 fully saturated rings. The van der Waals surface area contributed by atoms with Gasteiger partial charge in [-0.2, -0.15) is 0 Å². The van der Waals surface area contributed by atoms with Crippen molar-refractivity contribution in [2.45, 2.75) is 399 Å². The molecule has 0 aliphatic rings. The Bertz CT molecular complexity index is 1470. The zero-order chi connectivity index (χ0) is 59.9. The van der Waals surface area contributed by atoms with Gasteiger partial charge in [0.1, 0.15) is 13.2 Å². The Kier molecular flexibility index (Phi) is 69.1. The summed E-state index contributed by atoms with van der Waals surface area (Å²) in [5, 5.41) is 0. The molecule has 0 radical (unpaired) electrons. The Balaban J connectivity index is 4.24. The molecule has 0 heterocycles. The van der Waals surface area contributed by atoms with Gasteiger partial charge in [0.25, 0.3) is 0 Å². The molecule has 6 nitrogen and oxygen atoms in total. The van der Waals surface area contributed by atoms with Crippen LogP contribution in [0.25, 0.3) is 0 Å². The van der Waals surface area contributed by atoms with Gasteiger partial charge in [-0.25, -0.2) is 0 Å². The second-order valence-electron chi connectivity index (χ2n) is 24.8. The minimum atomic E-state index is -0.790. The highest BCUT2D eigenvalue weighted by Crippen LogP contribution is 2.19. The first-order valence-corrected chi connectivity index (χ1v) is 36.8. The Hall–Kier alpha value is -2.89. The average molecular weight is 1160 g/mol. The lowest BCUT2D eigenvalue weighted by atomic mass is 10.0. The molecular formula is C77H140O6. The molecule has 83 heavy (non-hydrogen) atoms. The predicted molar refractivity (Wildman–Crippen MR) is 362 cm³/mol. The smallest absolute Gasteiger partial charge is 0.306 e. The third-order valence-electron chi connectivity index (χ3n) is 16.5. The summed E-state index contributed by atoms with van der Waals surface area (Å²) < 4.78 is 17.0. The topological polar surface area (TPSA) is 78.9 Å². The number of carbonyl (C=O) groups excluding carboxylic acids is 3. The van der Waals surface area contributed by atoms with Crippen molar-refractivity contribution in [2.24, 2.45) is 0 Å². The van der Waals surface area contributed by atoms with E-state index in [2.05, 4.69) is 81.5 Å². The van der Waals surface area contributed by atoms with Gasteiger partial charge in [-0.15, -0.1) is 0 Å². The Morgan fingerprint density at radius 1 is 0.253 bits per heavy atom.